The molecular formula is C17H29F3N6S. The maximum Gasteiger partial charge on any atom is 0.401 e. The molecule has 1 saturated heterocycles. The molecule has 27 heavy (non-hydrogen) atoms. The predicted molar refractivity (Wildman–Crippen MR) is 104 cm³/mol. The summed E-state index contributed by atoms with van der Waals surface area (Å²) in [5.74, 6) is 1.17. The van der Waals surface area contributed by atoms with E-state index in [-0.39, 0.29) is 0 Å². The first-order valence-corrected chi connectivity index (χ1v) is 10.00. The summed E-state index contributed by atoms with van der Waals surface area (Å²) in [6.45, 7) is 1.61. The topological polar surface area (TPSA) is 55.8 Å². The number of thiazole rings is 1. The molecule has 0 atom stereocenters. The van der Waals surface area contributed by atoms with Crippen LogP contribution in [0.5, 0.6) is 0 Å². The highest BCUT2D eigenvalue weighted by Crippen LogP contribution is 2.24. The fourth-order valence-electron chi connectivity index (χ4n) is 3.06. The van der Waals surface area contributed by atoms with Gasteiger partial charge in [-0.25, -0.2) is 4.98 Å². The molecule has 0 unspecified atom stereocenters. The van der Waals surface area contributed by atoms with Crippen LogP contribution in [0, 0.1) is 5.92 Å². The normalized spacial score (nSPS) is 17.2. The van der Waals surface area contributed by atoms with Crippen molar-refractivity contribution in [1.82, 2.24) is 20.5 Å². The number of likely N-dealkylation sites (tertiary alicyclic amines) is 1. The predicted octanol–water partition coefficient (Wildman–Crippen LogP) is 2.54. The highest BCUT2D eigenvalue weighted by atomic mass is 32.1. The van der Waals surface area contributed by atoms with E-state index in [9.17, 15) is 13.2 Å². The van der Waals surface area contributed by atoms with Gasteiger partial charge in [0.15, 0.2) is 11.1 Å². The molecule has 154 valence electrons. The van der Waals surface area contributed by atoms with Gasteiger partial charge in [0, 0.05) is 33.1 Å². The molecule has 2 N–H and O–H groups in total. The Labute approximate surface area is 162 Å². The molecule has 0 aromatic carbocycles. The average Bonchev–Trinajstić information content (AvgIpc) is 3.07. The largest absolute Gasteiger partial charge is 0.401 e. The van der Waals surface area contributed by atoms with E-state index in [1.54, 1.807) is 18.4 Å². The summed E-state index contributed by atoms with van der Waals surface area (Å²) in [5.41, 5.74) is 0.962. The SMILES string of the molecule is CN=C(NCCC1CCN(CC(F)(F)F)CC1)NCc1csc(N(C)C)n1. The third-order valence-electron chi connectivity index (χ3n) is 4.54. The number of halogens is 3. The molecule has 0 amide bonds. The Bertz CT molecular complexity index is 594. The van der Waals surface area contributed by atoms with Gasteiger partial charge in [-0.1, -0.05) is 0 Å². The minimum atomic E-state index is -4.10. The van der Waals surface area contributed by atoms with Crippen molar-refractivity contribution in [1.29, 1.82) is 0 Å². The molecule has 0 radical (unpaired) electrons. The lowest BCUT2D eigenvalue weighted by Crippen LogP contribution is -2.41. The zero-order valence-electron chi connectivity index (χ0n) is 16.1. The Morgan fingerprint density at radius 2 is 2.04 bits per heavy atom. The third-order valence-corrected chi connectivity index (χ3v) is 5.60. The van der Waals surface area contributed by atoms with Crippen molar-refractivity contribution in [3.8, 4) is 0 Å². The van der Waals surface area contributed by atoms with Crippen LogP contribution in [0.2, 0.25) is 0 Å². The summed E-state index contributed by atoms with van der Waals surface area (Å²) >= 11 is 1.60. The number of hydrogen-bond acceptors (Lipinski definition) is 5. The van der Waals surface area contributed by atoms with E-state index in [0.717, 1.165) is 36.6 Å². The number of hydrogen-bond donors (Lipinski definition) is 2. The zero-order valence-corrected chi connectivity index (χ0v) is 17.0. The summed E-state index contributed by atoms with van der Waals surface area (Å²) in [5, 5.41) is 9.50. The molecule has 1 aliphatic rings. The monoisotopic (exact) mass is 406 g/mol. The van der Waals surface area contributed by atoms with Gasteiger partial charge in [0.25, 0.3) is 0 Å². The fourth-order valence-corrected chi connectivity index (χ4v) is 3.82. The third kappa shape index (κ3) is 7.92. The number of piperidine rings is 1. The molecule has 1 fully saturated rings. The molecular weight excluding hydrogens is 377 g/mol. The van der Waals surface area contributed by atoms with Gasteiger partial charge in [0.1, 0.15) is 0 Å². The second kappa shape index (κ2) is 10.1. The number of anilines is 1. The van der Waals surface area contributed by atoms with Gasteiger partial charge in [-0.3, -0.25) is 9.89 Å². The van der Waals surface area contributed by atoms with Gasteiger partial charge in [0.2, 0.25) is 0 Å². The molecule has 1 aromatic rings. The number of nitrogens with one attached hydrogen (secondary N) is 2. The zero-order chi connectivity index (χ0) is 19.9. The van der Waals surface area contributed by atoms with E-state index in [4.69, 9.17) is 0 Å². The molecule has 2 rings (SSSR count). The minimum Gasteiger partial charge on any atom is -0.356 e. The molecule has 0 bridgehead atoms. The van der Waals surface area contributed by atoms with Gasteiger partial charge in [-0.05, 0) is 38.3 Å². The second-order valence-corrected chi connectivity index (χ2v) is 7.83. The summed E-state index contributed by atoms with van der Waals surface area (Å²) in [4.78, 5) is 12.2. The van der Waals surface area contributed by atoms with Crippen LogP contribution in [-0.4, -0.2) is 69.3 Å². The highest BCUT2D eigenvalue weighted by Gasteiger charge is 2.32. The Balaban J connectivity index is 1.63. The van der Waals surface area contributed by atoms with Crippen LogP contribution in [0.1, 0.15) is 25.0 Å². The lowest BCUT2D eigenvalue weighted by molar-refractivity contribution is -0.148. The Kier molecular flexibility index (Phi) is 8.15. The molecule has 2 heterocycles. The van der Waals surface area contributed by atoms with Gasteiger partial charge in [-0.2, -0.15) is 13.2 Å². The summed E-state index contributed by atoms with van der Waals surface area (Å²) in [7, 11) is 5.64. The number of aliphatic imine (C=N–C) groups is 1. The molecule has 10 heteroatoms. The quantitative estimate of drug-likeness (QED) is 0.538. The van der Waals surface area contributed by atoms with Crippen molar-refractivity contribution in [3.63, 3.8) is 0 Å². The average molecular weight is 407 g/mol. The summed E-state index contributed by atoms with van der Waals surface area (Å²) in [6.07, 6.45) is -1.54. The standard InChI is InChI=1S/C17H29F3N6S/c1-21-15(23-10-14-11-27-16(24-14)25(2)3)22-7-4-13-5-8-26(9-6-13)12-17(18,19)20/h11,13H,4-10,12H2,1-3H3,(H2,21,22,23). The van der Waals surface area contributed by atoms with E-state index in [0.29, 0.717) is 31.5 Å². The highest BCUT2D eigenvalue weighted by molar-refractivity contribution is 7.13. The first-order chi connectivity index (χ1) is 12.8. The van der Waals surface area contributed by atoms with Crippen LogP contribution >= 0.6 is 11.3 Å². The van der Waals surface area contributed by atoms with E-state index in [1.165, 1.54) is 4.90 Å². The first-order valence-electron chi connectivity index (χ1n) is 9.12. The van der Waals surface area contributed by atoms with E-state index < -0.39 is 12.7 Å². The Morgan fingerprint density at radius 3 is 2.59 bits per heavy atom. The smallest absolute Gasteiger partial charge is 0.356 e. The fraction of sp³-hybridized carbons (Fsp3) is 0.765. The Morgan fingerprint density at radius 1 is 1.33 bits per heavy atom. The van der Waals surface area contributed by atoms with Gasteiger partial charge in [-0.15, -0.1) is 11.3 Å². The maximum atomic E-state index is 12.4. The lowest BCUT2D eigenvalue weighted by Gasteiger charge is -2.32. The second-order valence-electron chi connectivity index (χ2n) is 6.99. The van der Waals surface area contributed by atoms with Crippen molar-refractivity contribution < 1.29 is 13.2 Å². The van der Waals surface area contributed by atoms with Crippen molar-refractivity contribution >= 4 is 22.4 Å². The van der Waals surface area contributed by atoms with Crippen molar-refractivity contribution in [2.75, 3.05) is 52.2 Å². The van der Waals surface area contributed by atoms with E-state index in [1.807, 2.05) is 24.4 Å². The van der Waals surface area contributed by atoms with Gasteiger partial charge in [0.05, 0.1) is 18.8 Å². The maximum absolute atomic E-state index is 12.4. The van der Waals surface area contributed by atoms with Gasteiger partial charge >= 0.3 is 6.18 Å². The number of nitrogens with zero attached hydrogens (tertiary/aromatic N) is 4. The molecule has 0 aliphatic carbocycles. The van der Waals surface area contributed by atoms with Crippen LogP contribution in [-0.2, 0) is 6.54 Å². The molecule has 6 nitrogen and oxygen atoms in total. The Hall–Kier alpha value is -1.55. The molecule has 0 saturated carbocycles. The van der Waals surface area contributed by atoms with Crippen molar-refractivity contribution in [3.05, 3.63) is 11.1 Å². The van der Waals surface area contributed by atoms with Crippen LogP contribution in [0.15, 0.2) is 10.4 Å². The molecule has 1 aromatic heterocycles. The van der Waals surface area contributed by atoms with Crippen molar-refractivity contribution in [2.24, 2.45) is 10.9 Å². The molecule has 0 spiro atoms. The summed E-state index contributed by atoms with van der Waals surface area (Å²) in [6, 6.07) is 0. The number of aromatic nitrogens is 1. The number of alkyl halides is 3. The minimum absolute atomic E-state index is 0.460. The van der Waals surface area contributed by atoms with E-state index in [2.05, 4.69) is 20.6 Å². The van der Waals surface area contributed by atoms with E-state index >= 15 is 0 Å². The number of guanidine groups is 1. The number of rotatable bonds is 7. The molecule has 1 aliphatic heterocycles. The summed E-state index contributed by atoms with van der Waals surface area (Å²) < 4.78 is 37.3. The van der Waals surface area contributed by atoms with Gasteiger partial charge < -0.3 is 15.5 Å². The van der Waals surface area contributed by atoms with Crippen LogP contribution < -0.4 is 15.5 Å². The first kappa shape index (κ1) is 21.7. The van der Waals surface area contributed by atoms with Crippen LogP contribution in [0.25, 0.3) is 0 Å². The lowest BCUT2D eigenvalue weighted by atomic mass is 9.93. The van der Waals surface area contributed by atoms with Crippen molar-refractivity contribution in [2.45, 2.75) is 32.0 Å². The van der Waals surface area contributed by atoms with Crippen LogP contribution in [0.3, 0.4) is 0 Å². The van der Waals surface area contributed by atoms with Crippen LogP contribution in [0.4, 0.5) is 18.3 Å².